The van der Waals surface area contributed by atoms with Crippen LogP contribution in [0.25, 0.3) is 5.57 Å². The number of hydrogen-bond acceptors (Lipinski definition) is 4. The SMILES string of the molecule is NC1=CCNC=C1c1cncnc1. The van der Waals surface area contributed by atoms with E-state index in [1.807, 2.05) is 12.3 Å². The van der Waals surface area contributed by atoms with Crippen molar-refractivity contribution in [2.24, 2.45) is 5.73 Å². The lowest BCUT2D eigenvalue weighted by atomic mass is 10.1. The molecule has 1 aliphatic heterocycles. The summed E-state index contributed by atoms with van der Waals surface area (Å²) in [5, 5.41) is 3.09. The van der Waals surface area contributed by atoms with Crippen LogP contribution in [-0.4, -0.2) is 16.5 Å². The van der Waals surface area contributed by atoms with Crippen molar-refractivity contribution in [3.05, 3.63) is 42.3 Å². The van der Waals surface area contributed by atoms with Gasteiger partial charge in [0.2, 0.25) is 0 Å². The second kappa shape index (κ2) is 3.26. The molecule has 0 spiro atoms. The lowest BCUT2D eigenvalue weighted by Crippen LogP contribution is -2.16. The molecule has 1 aromatic rings. The number of nitrogens with zero attached hydrogens (tertiary/aromatic N) is 2. The third kappa shape index (κ3) is 1.51. The van der Waals surface area contributed by atoms with Crippen LogP contribution in [0.15, 0.2) is 36.7 Å². The summed E-state index contributed by atoms with van der Waals surface area (Å²) in [6.07, 6.45) is 8.80. The number of nitrogens with two attached hydrogens (primary N) is 1. The van der Waals surface area contributed by atoms with E-state index in [0.717, 1.165) is 23.4 Å². The van der Waals surface area contributed by atoms with Crippen molar-refractivity contribution in [1.82, 2.24) is 15.3 Å². The van der Waals surface area contributed by atoms with Crippen LogP contribution in [0.1, 0.15) is 5.56 Å². The maximum absolute atomic E-state index is 5.81. The summed E-state index contributed by atoms with van der Waals surface area (Å²) in [7, 11) is 0. The van der Waals surface area contributed by atoms with E-state index < -0.39 is 0 Å². The summed E-state index contributed by atoms with van der Waals surface area (Å²) in [6.45, 7) is 0.781. The predicted molar refractivity (Wildman–Crippen MR) is 50.3 cm³/mol. The van der Waals surface area contributed by atoms with Gasteiger partial charge in [0.15, 0.2) is 0 Å². The Bertz CT molecular complexity index is 353. The maximum Gasteiger partial charge on any atom is 0.115 e. The fraction of sp³-hybridized carbons (Fsp3) is 0.111. The highest BCUT2D eigenvalue weighted by Gasteiger charge is 2.07. The van der Waals surface area contributed by atoms with Gasteiger partial charge >= 0.3 is 0 Å². The van der Waals surface area contributed by atoms with Gasteiger partial charge in [0, 0.05) is 42.0 Å². The molecule has 2 heterocycles. The van der Waals surface area contributed by atoms with Crippen molar-refractivity contribution < 1.29 is 0 Å². The van der Waals surface area contributed by atoms with Crippen LogP contribution in [0.2, 0.25) is 0 Å². The second-order valence-corrected chi connectivity index (χ2v) is 2.75. The van der Waals surface area contributed by atoms with E-state index in [4.69, 9.17) is 5.73 Å². The molecular weight excluding hydrogens is 164 g/mol. The Morgan fingerprint density at radius 2 is 2.08 bits per heavy atom. The fourth-order valence-electron chi connectivity index (χ4n) is 1.21. The number of rotatable bonds is 1. The molecule has 0 bridgehead atoms. The van der Waals surface area contributed by atoms with E-state index >= 15 is 0 Å². The molecule has 0 amide bonds. The highest BCUT2D eigenvalue weighted by atomic mass is 14.9. The zero-order chi connectivity index (χ0) is 9.10. The summed E-state index contributed by atoms with van der Waals surface area (Å²) < 4.78 is 0. The van der Waals surface area contributed by atoms with Crippen molar-refractivity contribution >= 4 is 5.57 Å². The summed E-state index contributed by atoms with van der Waals surface area (Å²) in [5.41, 5.74) is 8.46. The molecule has 0 aromatic carbocycles. The van der Waals surface area contributed by atoms with Gasteiger partial charge in [0.05, 0.1) is 0 Å². The number of dihydropyridines is 1. The molecule has 4 heteroatoms. The highest BCUT2D eigenvalue weighted by molar-refractivity contribution is 5.77. The average molecular weight is 174 g/mol. The minimum Gasteiger partial charge on any atom is -0.398 e. The van der Waals surface area contributed by atoms with E-state index in [-0.39, 0.29) is 0 Å². The fourth-order valence-corrected chi connectivity index (χ4v) is 1.21. The van der Waals surface area contributed by atoms with E-state index in [1.54, 1.807) is 12.4 Å². The van der Waals surface area contributed by atoms with Crippen LogP contribution < -0.4 is 11.1 Å². The van der Waals surface area contributed by atoms with Gasteiger partial charge in [-0.05, 0) is 6.08 Å². The minimum atomic E-state index is 0.772. The van der Waals surface area contributed by atoms with Crippen molar-refractivity contribution in [1.29, 1.82) is 0 Å². The Labute approximate surface area is 76.2 Å². The monoisotopic (exact) mass is 174 g/mol. The Morgan fingerprint density at radius 1 is 1.31 bits per heavy atom. The quantitative estimate of drug-likeness (QED) is 0.641. The Balaban J connectivity index is 2.37. The summed E-state index contributed by atoms with van der Waals surface area (Å²) in [5.74, 6) is 0. The average Bonchev–Trinajstić information content (AvgIpc) is 2.20. The summed E-state index contributed by atoms with van der Waals surface area (Å²) in [6, 6.07) is 0. The largest absolute Gasteiger partial charge is 0.398 e. The molecule has 1 aliphatic rings. The topological polar surface area (TPSA) is 63.8 Å². The Morgan fingerprint density at radius 3 is 2.77 bits per heavy atom. The van der Waals surface area contributed by atoms with Gasteiger partial charge in [-0.15, -0.1) is 0 Å². The first kappa shape index (κ1) is 7.79. The predicted octanol–water partition coefficient (Wildman–Crippen LogP) is 0.263. The number of nitrogens with one attached hydrogen (secondary N) is 1. The van der Waals surface area contributed by atoms with Crippen LogP contribution in [0.5, 0.6) is 0 Å². The number of hydrogen-bond donors (Lipinski definition) is 2. The molecule has 0 radical (unpaired) electrons. The van der Waals surface area contributed by atoms with Crippen molar-refractivity contribution in [2.75, 3.05) is 6.54 Å². The minimum absolute atomic E-state index is 0.772. The molecule has 0 unspecified atom stereocenters. The first-order valence-electron chi connectivity index (χ1n) is 4.03. The van der Waals surface area contributed by atoms with E-state index in [2.05, 4.69) is 15.3 Å². The van der Waals surface area contributed by atoms with Gasteiger partial charge in [0.25, 0.3) is 0 Å². The normalized spacial score (nSPS) is 15.7. The molecular formula is C9H10N4. The van der Waals surface area contributed by atoms with Crippen molar-refractivity contribution in [2.45, 2.75) is 0 Å². The number of allylic oxidation sites excluding steroid dienone is 1. The van der Waals surface area contributed by atoms with E-state index in [0.29, 0.717) is 0 Å². The third-order valence-electron chi connectivity index (χ3n) is 1.87. The van der Waals surface area contributed by atoms with Crippen LogP contribution in [0.3, 0.4) is 0 Å². The molecule has 2 rings (SSSR count). The number of aromatic nitrogens is 2. The van der Waals surface area contributed by atoms with Gasteiger partial charge in [-0.3, -0.25) is 0 Å². The first-order chi connectivity index (χ1) is 6.38. The van der Waals surface area contributed by atoms with Crippen LogP contribution in [0, 0.1) is 0 Å². The lowest BCUT2D eigenvalue weighted by molar-refractivity contribution is 0.958. The smallest absolute Gasteiger partial charge is 0.115 e. The zero-order valence-corrected chi connectivity index (χ0v) is 7.07. The van der Waals surface area contributed by atoms with Gasteiger partial charge in [-0.1, -0.05) is 0 Å². The third-order valence-corrected chi connectivity index (χ3v) is 1.87. The van der Waals surface area contributed by atoms with Crippen LogP contribution in [-0.2, 0) is 0 Å². The van der Waals surface area contributed by atoms with Gasteiger partial charge < -0.3 is 11.1 Å². The zero-order valence-electron chi connectivity index (χ0n) is 7.07. The summed E-state index contributed by atoms with van der Waals surface area (Å²) >= 11 is 0. The molecule has 0 atom stereocenters. The lowest BCUT2D eigenvalue weighted by Gasteiger charge is -2.12. The molecule has 3 N–H and O–H groups in total. The van der Waals surface area contributed by atoms with E-state index in [9.17, 15) is 0 Å². The summed E-state index contributed by atoms with van der Waals surface area (Å²) in [4.78, 5) is 7.86. The molecule has 0 fully saturated rings. The molecule has 0 saturated heterocycles. The molecule has 1 aromatic heterocycles. The first-order valence-corrected chi connectivity index (χ1v) is 4.03. The van der Waals surface area contributed by atoms with Crippen LogP contribution >= 0.6 is 0 Å². The Hall–Kier alpha value is -1.84. The molecule has 13 heavy (non-hydrogen) atoms. The van der Waals surface area contributed by atoms with Crippen molar-refractivity contribution in [3.63, 3.8) is 0 Å². The van der Waals surface area contributed by atoms with Gasteiger partial charge in [-0.25, -0.2) is 9.97 Å². The van der Waals surface area contributed by atoms with Gasteiger partial charge in [0.1, 0.15) is 6.33 Å². The molecule has 0 saturated carbocycles. The molecule has 4 nitrogen and oxygen atoms in total. The standard InChI is InChI=1S/C9H10N4/c10-9-1-2-11-5-8(9)7-3-12-6-13-4-7/h1,3-6,11H,2,10H2. The van der Waals surface area contributed by atoms with E-state index in [1.165, 1.54) is 6.33 Å². The maximum atomic E-state index is 5.81. The van der Waals surface area contributed by atoms with Gasteiger partial charge in [-0.2, -0.15) is 0 Å². The van der Waals surface area contributed by atoms with Crippen LogP contribution in [0.4, 0.5) is 0 Å². The molecule has 66 valence electrons. The van der Waals surface area contributed by atoms with Crippen molar-refractivity contribution in [3.8, 4) is 0 Å². The second-order valence-electron chi connectivity index (χ2n) is 2.75. The molecule has 0 aliphatic carbocycles. The highest BCUT2D eigenvalue weighted by Crippen LogP contribution is 2.18. The Kier molecular flexibility index (Phi) is 1.96.